The van der Waals surface area contributed by atoms with E-state index in [1.807, 2.05) is 6.92 Å². The van der Waals surface area contributed by atoms with Gasteiger partial charge in [0.05, 0.1) is 18.5 Å². The zero-order valence-electron chi connectivity index (χ0n) is 8.48. The molecule has 14 heavy (non-hydrogen) atoms. The molecule has 1 rings (SSSR count). The number of morpholine rings is 1. The Morgan fingerprint density at radius 3 is 2.86 bits per heavy atom. The first kappa shape index (κ1) is 11.9. The van der Waals surface area contributed by atoms with E-state index in [-0.39, 0.29) is 11.9 Å². The van der Waals surface area contributed by atoms with Crippen molar-refractivity contribution in [3.8, 4) is 0 Å². The molecule has 1 fully saturated rings. The molecule has 6 heteroatoms. The molecule has 1 saturated heterocycles. The van der Waals surface area contributed by atoms with Crippen LogP contribution in [-0.4, -0.2) is 50.8 Å². The van der Waals surface area contributed by atoms with E-state index in [1.54, 1.807) is 0 Å². The lowest BCUT2D eigenvalue weighted by atomic mass is 10.3. The molecule has 1 atom stereocenters. The van der Waals surface area contributed by atoms with Crippen LogP contribution in [0.2, 0.25) is 0 Å². The molecular formula is C8H18N2O3S. The van der Waals surface area contributed by atoms with Gasteiger partial charge >= 0.3 is 0 Å². The van der Waals surface area contributed by atoms with E-state index < -0.39 is 10.0 Å². The highest BCUT2D eigenvalue weighted by Gasteiger charge is 2.26. The van der Waals surface area contributed by atoms with Gasteiger partial charge in [-0.1, -0.05) is 0 Å². The summed E-state index contributed by atoms with van der Waals surface area (Å²) in [5, 5.41) is 0. The molecule has 5 nitrogen and oxygen atoms in total. The van der Waals surface area contributed by atoms with Crippen molar-refractivity contribution in [1.29, 1.82) is 0 Å². The van der Waals surface area contributed by atoms with E-state index in [2.05, 4.69) is 0 Å². The molecule has 1 heterocycles. The van der Waals surface area contributed by atoms with Crippen LogP contribution >= 0.6 is 0 Å². The molecule has 0 aliphatic carbocycles. The van der Waals surface area contributed by atoms with Gasteiger partial charge in [-0.25, -0.2) is 8.42 Å². The summed E-state index contributed by atoms with van der Waals surface area (Å²) < 4.78 is 30.2. The van der Waals surface area contributed by atoms with Crippen molar-refractivity contribution in [2.24, 2.45) is 5.73 Å². The molecular weight excluding hydrogens is 204 g/mol. The van der Waals surface area contributed by atoms with Crippen LogP contribution in [0, 0.1) is 0 Å². The zero-order valence-corrected chi connectivity index (χ0v) is 9.29. The Kier molecular flexibility index (Phi) is 4.31. The second kappa shape index (κ2) is 5.06. The lowest BCUT2D eigenvalue weighted by Gasteiger charge is -2.30. The van der Waals surface area contributed by atoms with E-state index in [4.69, 9.17) is 10.5 Å². The molecule has 1 aliphatic rings. The van der Waals surface area contributed by atoms with Crippen molar-refractivity contribution < 1.29 is 13.2 Å². The standard InChI is InChI=1S/C8H18N2O3S/c1-8-7-10(4-5-13-8)14(11,12)6-2-3-9/h8H,2-7,9H2,1H3. The highest BCUT2D eigenvalue weighted by Crippen LogP contribution is 2.10. The Bertz CT molecular complexity index is 266. The number of ether oxygens (including phenoxy) is 1. The van der Waals surface area contributed by atoms with Gasteiger partial charge in [-0.05, 0) is 19.9 Å². The molecule has 0 saturated carbocycles. The van der Waals surface area contributed by atoms with Gasteiger partial charge in [-0.2, -0.15) is 4.31 Å². The fourth-order valence-corrected chi connectivity index (χ4v) is 3.01. The van der Waals surface area contributed by atoms with Gasteiger partial charge in [0.25, 0.3) is 0 Å². The minimum absolute atomic E-state index is 0.00333. The third kappa shape index (κ3) is 3.20. The first-order valence-corrected chi connectivity index (χ1v) is 6.46. The number of hydrogen-bond donors (Lipinski definition) is 1. The molecule has 0 bridgehead atoms. The quantitative estimate of drug-likeness (QED) is 0.688. The fourth-order valence-electron chi connectivity index (χ4n) is 1.43. The summed E-state index contributed by atoms with van der Waals surface area (Å²) in [6.07, 6.45) is 0.519. The van der Waals surface area contributed by atoms with Crippen LogP contribution in [0.25, 0.3) is 0 Å². The molecule has 0 aromatic heterocycles. The minimum Gasteiger partial charge on any atom is -0.376 e. The van der Waals surface area contributed by atoms with Crippen LogP contribution < -0.4 is 5.73 Å². The smallest absolute Gasteiger partial charge is 0.214 e. The van der Waals surface area contributed by atoms with Crippen LogP contribution in [0.5, 0.6) is 0 Å². The van der Waals surface area contributed by atoms with Crippen molar-refractivity contribution in [1.82, 2.24) is 4.31 Å². The molecule has 0 spiro atoms. The zero-order chi connectivity index (χ0) is 10.6. The molecule has 1 aliphatic heterocycles. The minimum atomic E-state index is -3.11. The monoisotopic (exact) mass is 222 g/mol. The fraction of sp³-hybridized carbons (Fsp3) is 1.00. The van der Waals surface area contributed by atoms with Crippen molar-refractivity contribution >= 4 is 10.0 Å². The Balaban J connectivity index is 2.53. The van der Waals surface area contributed by atoms with Gasteiger partial charge in [-0.3, -0.25) is 0 Å². The van der Waals surface area contributed by atoms with Crippen molar-refractivity contribution in [3.63, 3.8) is 0 Å². The van der Waals surface area contributed by atoms with Gasteiger partial charge in [0, 0.05) is 13.1 Å². The van der Waals surface area contributed by atoms with E-state index in [0.717, 1.165) is 0 Å². The normalized spacial score (nSPS) is 25.1. The average molecular weight is 222 g/mol. The molecule has 1 unspecified atom stereocenters. The lowest BCUT2D eigenvalue weighted by Crippen LogP contribution is -2.45. The van der Waals surface area contributed by atoms with E-state index in [9.17, 15) is 8.42 Å². The first-order valence-electron chi connectivity index (χ1n) is 4.86. The van der Waals surface area contributed by atoms with Crippen molar-refractivity contribution in [2.45, 2.75) is 19.4 Å². The van der Waals surface area contributed by atoms with Crippen LogP contribution in [-0.2, 0) is 14.8 Å². The number of nitrogens with two attached hydrogens (primary N) is 1. The Labute approximate surface area is 85.3 Å². The van der Waals surface area contributed by atoms with E-state index in [1.165, 1.54) is 4.31 Å². The molecule has 0 amide bonds. The maximum atomic E-state index is 11.7. The van der Waals surface area contributed by atoms with Gasteiger partial charge in [0.1, 0.15) is 0 Å². The predicted octanol–water partition coefficient (Wildman–Crippen LogP) is -0.614. The SMILES string of the molecule is CC1CN(S(=O)(=O)CCCN)CCO1. The summed E-state index contributed by atoms with van der Waals surface area (Å²) in [6.45, 7) is 3.72. The second-order valence-electron chi connectivity index (χ2n) is 3.50. The predicted molar refractivity (Wildman–Crippen MR) is 54.4 cm³/mol. The highest BCUT2D eigenvalue weighted by molar-refractivity contribution is 7.89. The largest absolute Gasteiger partial charge is 0.376 e. The van der Waals surface area contributed by atoms with Gasteiger partial charge in [0.2, 0.25) is 10.0 Å². The molecule has 0 aromatic rings. The third-order valence-electron chi connectivity index (χ3n) is 2.20. The highest BCUT2D eigenvalue weighted by atomic mass is 32.2. The maximum absolute atomic E-state index is 11.7. The van der Waals surface area contributed by atoms with Crippen LogP contribution in [0.4, 0.5) is 0 Å². The van der Waals surface area contributed by atoms with Gasteiger partial charge in [0.15, 0.2) is 0 Å². The van der Waals surface area contributed by atoms with Gasteiger partial charge < -0.3 is 10.5 Å². The summed E-state index contributed by atoms with van der Waals surface area (Å²) in [6, 6.07) is 0. The third-order valence-corrected chi connectivity index (χ3v) is 4.13. The molecule has 0 aromatic carbocycles. The van der Waals surface area contributed by atoms with Crippen LogP contribution in [0.1, 0.15) is 13.3 Å². The summed E-state index contributed by atoms with van der Waals surface area (Å²) >= 11 is 0. The summed E-state index contributed by atoms with van der Waals surface area (Å²) in [5.74, 6) is 0.149. The van der Waals surface area contributed by atoms with Crippen molar-refractivity contribution in [3.05, 3.63) is 0 Å². The Hall–Kier alpha value is -0.170. The lowest BCUT2D eigenvalue weighted by molar-refractivity contribution is 0.0102. The average Bonchev–Trinajstić information content (AvgIpc) is 2.15. The van der Waals surface area contributed by atoms with Crippen molar-refractivity contribution in [2.75, 3.05) is 32.0 Å². The Morgan fingerprint density at radius 1 is 1.57 bits per heavy atom. The molecule has 0 radical (unpaired) electrons. The summed E-state index contributed by atoms with van der Waals surface area (Å²) in [4.78, 5) is 0. The summed E-state index contributed by atoms with van der Waals surface area (Å²) in [7, 11) is -3.11. The first-order chi connectivity index (χ1) is 6.56. The van der Waals surface area contributed by atoms with Crippen LogP contribution in [0.3, 0.4) is 0 Å². The number of hydrogen-bond acceptors (Lipinski definition) is 4. The topological polar surface area (TPSA) is 72.6 Å². The number of nitrogens with zero attached hydrogens (tertiary/aromatic N) is 1. The van der Waals surface area contributed by atoms with E-state index >= 15 is 0 Å². The summed E-state index contributed by atoms with van der Waals surface area (Å²) in [5.41, 5.74) is 5.28. The second-order valence-corrected chi connectivity index (χ2v) is 5.59. The van der Waals surface area contributed by atoms with Gasteiger partial charge in [-0.15, -0.1) is 0 Å². The van der Waals surface area contributed by atoms with E-state index in [0.29, 0.717) is 32.7 Å². The molecule has 2 N–H and O–H groups in total. The number of rotatable bonds is 4. The van der Waals surface area contributed by atoms with Crippen LogP contribution in [0.15, 0.2) is 0 Å². The Morgan fingerprint density at radius 2 is 2.29 bits per heavy atom. The molecule has 84 valence electrons. The number of sulfonamides is 1. The maximum Gasteiger partial charge on any atom is 0.214 e.